The molecule has 43 heavy (non-hydrogen) atoms. The number of fused-ring (bicyclic) bond motifs is 1. The minimum atomic E-state index is -3.16. The molecule has 5 fully saturated rings. The Morgan fingerprint density at radius 1 is 0.860 bits per heavy atom. The Kier molecular flexibility index (Phi) is 6.96. The molecule has 0 spiro atoms. The number of amides is 2. The first-order valence-electron chi connectivity index (χ1n) is 15.3. The highest BCUT2D eigenvalue weighted by Gasteiger charge is 2.58. The van der Waals surface area contributed by atoms with Crippen molar-refractivity contribution in [3.05, 3.63) is 48.5 Å². The molecule has 230 valence electrons. The highest BCUT2D eigenvalue weighted by atomic mass is 32.2. The van der Waals surface area contributed by atoms with Crippen molar-refractivity contribution in [2.45, 2.75) is 38.1 Å². The van der Waals surface area contributed by atoms with Crippen LogP contribution in [0.2, 0.25) is 0 Å². The SMILES string of the molecule is CS(=O)(=O)N1CCN(c2ccc(N3CCN(OC(=O)NC4C5CC6CC4CC(C(N)=O)(C6)C5)c4ccccc43)cc2)CC1. The number of nitrogens with zero attached hydrogens (tertiary/aromatic N) is 4. The fraction of sp³-hybridized carbons (Fsp3) is 0.548. The Hall–Kier alpha value is -3.51. The van der Waals surface area contributed by atoms with E-state index in [1.807, 2.05) is 24.3 Å². The summed E-state index contributed by atoms with van der Waals surface area (Å²) in [4.78, 5) is 35.9. The zero-order valence-electron chi connectivity index (χ0n) is 24.5. The van der Waals surface area contributed by atoms with Crippen LogP contribution in [0.3, 0.4) is 0 Å². The number of rotatable bonds is 6. The van der Waals surface area contributed by atoms with Gasteiger partial charge in [0.1, 0.15) is 0 Å². The van der Waals surface area contributed by atoms with Gasteiger partial charge in [-0.25, -0.2) is 18.3 Å². The molecule has 3 N–H and O–H groups in total. The second kappa shape index (κ2) is 10.6. The molecule has 2 atom stereocenters. The Bertz CT molecular complexity index is 1490. The van der Waals surface area contributed by atoms with Crippen LogP contribution >= 0.6 is 0 Å². The Morgan fingerprint density at radius 2 is 1.49 bits per heavy atom. The Labute approximate surface area is 252 Å². The largest absolute Gasteiger partial charge is 0.431 e. The molecular formula is C31H40N6O5S. The molecule has 4 saturated carbocycles. The lowest BCUT2D eigenvalue weighted by molar-refractivity contribution is -0.145. The summed E-state index contributed by atoms with van der Waals surface area (Å²) < 4.78 is 25.2. The van der Waals surface area contributed by atoms with Crippen LogP contribution < -0.4 is 25.9 Å². The molecule has 2 aromatic carbocycles. The normalized spacial score (nSPS) is 30.2. The first kappa shape index (κ1) is 28.3. The number of sulfonamides is 1. The van der Waals surface area contributed by atoms with Crippen molar-refractivity contribution < 1.29 is 22.8 Å². The molecule has 0 radical (unpaired) electrons. The maximum Gasteiger partial charge on any atom is 0.431 e. The molecule has 2 aliphatic heterocycles. The predicted octanol–water partition coefficient (Wildman–Crippen LogP) is 3.05. The van der Waals surface area contributed by atoms with Gasteiger partial charge in [-0.3, -0.25) is 4.79 Å². The van der Waals surface area contributed by atoms with Gasteiger partial charge in [-0.05, 0) is 86.3 Å². The minimum Gasteiger partial charge on any atom is -0.369 e. The van der Waals surface area contributed by atoms with E-state index < -0.39 is 16.1 Å². The van der Waals surface area contributed by atoms with Crippen LogP contribution in [0, 0.1) is 23.2 Å². The number of piperazine rings is 1. The van der Waals surface area contributed by atoms with Gasteiger partial charge in [-0.2, -0.15) is 4.31 Å². The molecule has 11 nitrogen and oxygen atoms in total. The van der Waals surface area contributed by atoms with Crippen molar-refractivity contribution in [3.8, 4) is 0 Å². The molecular weight excluding hydrogens is 568 g/mol. The smallest absolute Gasteiger partial charge is 0.369 e. The van der Waals surface area contributed by atoms with Crippen molar-refractivity contribution in [2.75, 3.05) is 60.4 Å². The molecule has 8 rings (SSSR count). The summed E-state index contributed by atoms with van der Waals surface area (Å²) in [7, 11) is -3.16. The van der Waals surface area contributed by atoms with E-state index in [2.05, 4.69) is 39.4 Å². The fourth-order valence-corrected chi connectivity index (χ4v) is 9.47. The lowest BCUT2D eigenvalue weighted by Crippen LogP contribution is -2.62. The maximum absolute atomic E-state index is 13.2. The average Bonchev–Trinajstić information content (AvgIpc) is 2.98. The van der Waals surface area contributed by atoms with E-state index in [1.54, 1.807) is 5.06 Å². The number of primary amides is 1. The predicted molar refractivity (Wildman–Crippen MR) is 164 cm³/mol. The van der Waals surface area contributed by atoms with Gasteiger partial charge in [0.05, 0.1) is 24.2 Å². The minimum absolute atomic E-state index is 0.0147. The van der Waals surface area contributed by atoms with Crippen molar-refractivity contribution in [1.29, 1.82) is 0 Å². The van der Waals surface area contributed by atoms with Gasteiger partial charge in [-0.1, -0.05) is 12.1 Å². The molecule has 2 heterocycles. The van der Waals surface area contributed by atoms with Gasteiger partial charge in [0.25, 0.3) is 0 Å². The van der Waals surface area contributed by atoms with Gasteiger partial charge < -0.3 is 25.7 Å². The van der Waals surface area contributed by atoms with Crippen molar-refractivity contribution >= 4 is 44.8 Å². The topological polar surface area (TPSA) is 129 Å². The summed E-state index contributed by atoms with van der Waals surface area (Å²) in [6, 6.07) is 16.3. The number of para-hydroxylation sites is 2. The van der Waals surface area contributed by atoms with Gasteiger partial charge >= 0.3 is 6.09 Å². The molecule has 2 aromatic rings. The van der Waals surface area contributed by atoms with Gasteiger partial charge in [0, 0.05) is 55.6 Å². The third kappa shape index (κ3) is 5.18. The number of nitrogens with two attached hydrogens (primary N) is 1. The van der Waals surface area contributed by atoms with Crippen LogP contribution in [-0.2, 0) is 19.7 Å². The van der Waals surface area contributed by atoms with Crippen molar-refractivity contribution in [1.82, 2.24) is 9.62 Å². The Morgan fingerprint density at radius 3 is 2.12 bits per heavy atom. The van der Waals surface area contributed by atoms with E-state index in [4.69, 9.17) is 10.6 Å². The fourth-order valence-electron chi connectivity index (χ4n) is 8.64. The van der Waals surface area contributed by atoms with E-state index in [0.717, 1.165) is 54.9 Å². The molecule has 2 unspecified atom stereocenters. The lowest BCUT2D eigenvalue weighted by atomic mass is 9.47. The third-order valence-corrected chi connectivity index (χ3v) is 11.8. The lowest BCUT2D eigenvalue weighted by Gasteiger charge is -2.58. The highest BCUT2D eigenvalue weighted by Crippen LogP contribution is 2.60. The first-order chi connectivity index (χ1) is 20.6. The molecule has 12 heteroatoms. The number of nitrogens with one attached hydrogen (secondary N) is 1. The third-order valence-electron chi connectivity index (χ3n) is 10.5. The summed E-state index contributed by atoms with van der Waals surface area (Å²) in [6.45, 7) is 3.42. The summed E-state index contributed by atoms with van der Waals surface area (Å²) in [5.74, 6) is 0.881. The quantitative estimate of drug-likeness (QED) is 0.512. The number of anilines is 4. The monoisotopic (exact) mass is 608 g/mol. The van der Waals surface area contributed by atoms with Crippen molar-refractivity contribution in [2.24, 2.45) is 28.9 Å². The van der Waals surface area contributed by atoms with Crippen molar-refractivity contribution in [3.63, 3.8) is 0 Å². The number of carbonyl (C=O) groups excluding carboxylic acids is 2. The van der Waals surface area contributed by atoms with Gasteiger partial charge in [-0.15, -0.1) is 0 Å². The van der Waals surface area contributed by atoms with Crippen LogP contribution in [0.15, 0.2) is 48.5 Å². The number of benzene rings is 2. The van der Waals surface area contributed by atoms with Crippen LogP contribution in [0.4, 0.5) is 27.5 Å². The zero-order chi connectivity index (χ0) is 29.9. The van der Waals surface area contributed by atoms with E-state index in [1.165, 1.54) is 10.6 Å². The summed E-state index contributed by atoms with van der Waals surface area (Å²) in [5, 5.41) is 4.86. The maximum atomic E-state index is 13.2. The molecule has 1 saturated heterocycles. The molecule has 0 aromatic heterocycles. The highest BCUT2D eigenvalue weighted by molar-refractivity contribution is 7.88. The first-order valence-corrected chi connectivity index (χ1v) is 17.2. The van der Waals surface area contributed by atoms with Crippen LogP contribution in [0.5, 0.6) is 0 Å². The van der Waals surface area contributed by atoms with Crippen LogP contribution in [0.1, 0.15) is 32.1 Å². The summed E-state index contributed by atoms with van der Waals surface area (Å²) >= 11 is 0. The van der Waals surface area contributed by atoms with Crippen LogP contribution in [0.25, 0.3) is 0 Å². The van der Waals surface area contributed by atoms with E-state index >= 15 is 0 Å². The molecule has 4 bridgehead atoms. The van der Waals surface area contributed by atoms with Gasteiger partial charge in [0.15, 0.2) is 0 Å². The number of carbonyl (C=O) groups is 2. The van der Waals surface area contributed by atoms with E-state index in [9.17, 15) is 18.0 Å². The summed E-state index contributed by atoms with van der Waals surface area (Å²) in [5.41, 5.74) is 9.32. The van der Waals surface area contributed by atoms with E-state index in [-0.39, 0.29) is 29.2 Å². The zero-order valence-corrected chi connectivity index (χ0v) is 25.3. The molecule has 2 amide bonds. The standard InChI is InChI=1S/C31H40N6O5S/c1-43(40,41)35-12-10-34(11-13-35)24-6-8-25(9-7-24)36-14-15-37(27-5-3-2-4-26(27)36)42-30(39)33-28-22-16-21-17-23(28)20-31(18-21,19-22)29(32)38/h2-9,21-23,28H,10-20H2,1H3,(H2,32,38)(H,33,39). The van der Waals surface area contributed by atoms with E-state index in [0.29, 0.717) is 45.2 Å². The number of hydroxylamine groups is 1. The average molecular weight is 609 g/mol. The van der Waals surface area contributed by atoms with Crippen LogP contribution in [-0.4, -0.2) is 76.3 Å². The molecule has 6 aliphatic rings. The number of hydrogen-bond donors (Lipinski definition) is 2. The summed E-state index contributed by atoms with van der Waals surface area (Å²) in [6.07, 6.45) is 5.31. The second-order valence-electron chi connectivity index (χ2n) is 13.1. The number of hydrogen-bond acceptors (Lipinski definition) is 8. The molecule has 4 aliphatic carbocycles. The Balaban J connectivity index is 1.00. The second-order valence-corrected chi connectivity index (χ2v) is 15.1. The van der Waals surface area contributed by atoms with Gasteiger partial charge in [0.2, 0.25) is 15.9 Å².